The molecule has 0 heterocycles. The molecule has 1 aliphatic carbocycles. The molecule has 0 amide bonds. The summed E-state index contributed by atoms with van der Waals surface area (Å²) in [6, 6.07) is 0. The van der Waals surface area contributed by atoms with Crippen molar-refractivity contribution in [3.05, 3.63) is 0 Å². The van der Waals surface area contributed by atoms with Gasteiger partial charge in [-0.05, 0) is 12.8 Å². The van der Waals surface area contributed by atoms with Gasteiger partial charge in [0.1, 0.15) is 0 Å². The van der Waals surface area contributed by atoms with Crippen molar-refractivity contribution in [3.63, 3.8) is 0 Å². The predicted molar refractivity (Wildman–Crippen MR) is 50.0 cm³/mol. The summed E-state index contributed by atoms with van der Waals surface area (Å²) < 4.78 is 0. The van der Waals surface area contributed by atoms with Gasteiger partial charge >= 0.3 is 11.9 Å². The minimum Gasteiger partial charge on any atom is -0.481 e. The van der Waals surface area contributed by atoms with Gasteiger partial charge in [0.05, 0.1) is 11.8 Å². The summed E-state index contributed by atoms with van der Waals surface area (Å²) in [4.78, 5) is 21.7. The Morgan fingerprint density at radius 2 is 1.14 bits per heavy atom. The molecule has 2 N–H and O–H groups in total. The Hall–Kier alpha value is -1.06. The number of hydrogen-bond acceptors (Lipinski definition) is 2. The Morgan fingerprint density at radius 3 is 1.43 bits per heavy atom. The number of carboxylic acid groups (broad SMARTS) is 2. The van der Waals surface area contributed by atoms with E-state index in [1.54, 1.807) is 0 Å². The molecular formula is C10H16O4. The molecule has 4 nitrogen and oxygen atoms in total. The lowest BCUT2D eigenvalue weighted by molar-refractivity contribution is -0.154. The number of carbonyl (C=O) groups is 2. The Bertz CT molecular complexity index is 200. The quantitative estimate of drug-likeness (QED) is 0.712. The fourth-order valence-electron chi connectivity index (χ4n) is 2.08. The lowest BCUT2D eigenvalue weighted by atomic mass is 9.82. The normalized spacial score (nSPS) is 28.9. The summed E-state index contributed by atoms with van der Waals surface area (Å²) >= 11 is 0. The molecule has 0 aromatic heterocycles. The molecule has 2 atom stereocenters. The second-order valence-electron chi connectivity index (χ2n) is 3.88. The van der Waals surface area contributed by atoms with Crippen LogP contribution in [-0.4, -0.2) is 22.2 Å². The third-order valence-electron chi connectivity index (χ3n) is 2.90. The molecule has 0 aromatic rings. The van der Waals surface area contributed by atoms with E-state index >= 15 is 0 Å². The molecule has 0 radical (unpaired) electrons. The van der Waals surface area contributed by atoms with E-state index in [4.69, 9.17) is 10.2 Å². The topological polar surface area (TPSA) is 74.6 Å². The Labute approximate surface area is 82.9 Å². The van der Waals surface area contributed by atoms with Gasteiger partial charge in [-0.3, -0.25) is 9.59 Å². The van der Waals surface area contributed by atoms with E-state index in [2.05, 4.69) is 0 Å². The molecule has 1 saturated carbocycles. The van der Waals surface area contributed by atoms with Crippen molar-refractivity contribution in [2.24, 2.45) is 11.8 Å². The summed E-state index contributed by atoms with van der Waals surface area (Å²) in [7, 11) is 0. The standard InChI is InChI=1S/C10H16O4/c11-9(12)7-5-3-1-2-4-6-8(7)10(13)14/h7-8H,1-6H2,(H,11,12)(H,13,14)/t7-,8-/m1/s1. The SMILES string of the molecule is O=C(O)[C@@H]1CCCCCC[C@H]1C(=O)O. The summed E-state index contributed by atoms with van der Waals surface area (Å²) in [6.07, 6.45) is 4.73. The molecule has 14 heavy (non-hydrogen) atoms. The van der Waals surface area contributed by atoms with Crippen LogP contribution in [-0.2, 0) is 9.59 Å². The van der Waals surface area contributed by atoms with Crippen LogP contribution in [0.5, 0.6) is 0 Å². The summed E-state index contributed by atoms with van der Waals surface area (Å²) in [5.74, 6) is -3.29. The van der Waals surface area contributed by atoms with Crippen LogP contribution in [0.1, 0.15) is 38.5 Å². The van der Waals surface area contributed by atoms with Gasteiger partial charge in [-0.1, -0.05) is 25.7 Å². The number of carboxylic acids is 2. The first-order valence-corrected chi connectivity index (χ1v) is 5.08. The Balaban J connectivity index is 2.70. The summed E-state index contributed by atoms with van der Waals surface area (Å²) in [5.41, 5.74) is 0. The van der Waals surface area contributed by atoms with Crippen LogP contribution < -0.4 is 0 Å². The van der Waals surface area contributed by atoms with E-state index in [0.717, 1.165) is 25.7 Å². The van der Waals surface area contributed by atoms with Crippen molar-refractivity contribution >= 4 is 11.9 Å². The van der Waals surface area contributed by atoms with Gasteiger partial charge in [-0.15, -0.1) is 0 Å². The zero-order chi connectivity index (χ0) is 10.6. The van der Waals surface area contributed by atoms with Crippen LogP contribution in [0, 0.1) is 11.8 Å². The van der Waals surface area contributed by atoms with Crippen LogP contribution >= 0.6 is 0 Å². The second-order valence-corrected chi connectivity index (χ2v) is 3.88. The van der Waals surface area contributed by atoms with Gasteiger partial charge in [0, 0.05) is 0 Å². The van der Waals surface area contributed by atoms with Gasteiger partial charge in [0.15, 0.2) is 0 Å². The van der Waals surface area contributed by atoms with Gasteiger partial charge in [-0.25, -0.2) is 0 Å². The van der Waals surface area contributed by atoms with Gasteiger partial charge in [-0.2, -0.15) is 0 Å². The predicted octanol–water partition coefficient (Wildman–Crippen LogP) is 1.74. The molecule has 1 fully saturated rings. The minimum absolute atomic E-state index is 0.506. The lowest BCUT2D eigenvalue weighted by Gasteiger charge is -2.22. The molecule has 0 bridgehead atoms. The number of rotatable bonds is 2. The van der Waals surface area contributed by atoms with Crippen LogP contribution in [0.25, 0.3) is 0 Å². The Morgan fingerprint density at radius 1 is 0.786 bits per heavy atom. The van der Waals surface area contributed by atoms with Crippen molar-refractivity contribution in [1.29, 1.82) is 0 Å². The van der Waals surface area contributed by atoms with Crippen LogP contribution in [0.3, 0.4) is 0 Å². The molecule has 0 saturated heterocycles. The summed E-state index contributed by atoms with van der Waals surface area (Å²) in [5, 5.41) is 17.8. The third kappa shape index (κ3) is 2.72. The minimum atomic E-state index is -0.959. The highest BCUT2D eigenvalue weighted by Gasteiger charge is 2.33. The van der Waals surface area contributed by atoms with E-state index in [1.165, 1.54) is 0 Å². The maximum absolute atomic E-state index is 10.9. The monoisotopic (exact) mass is 200 g/mol. The van der Waals surface area contributed by atoms with Gasteiger partial charge in [0.2, 0.25) is 0 Å². The van der Waals surface area contributed by atoms with Crippen molar-refractivity contribution in [2.45, 2.75) is 38.5 Å². The van der Waals surface area contributed by atoms with Crippen molar-refractivity contribution in [3.8, 4) is 0 Å². The molecule has 4 heteroatoms. The maximum atomic E-state index is 10.9. The van der Waals surface area contributed by atoms with E-state index in [-0.39, 0.29) is 0 Å². The zero-order valence-electron chi connectivity index (χ0n) is 8.11. The fraction of sp³-hybridized carbons (Fsp3) is 0.800. The first-order valence-electron chi connectivity index (χ1n) is 5.08. The molecule has 0 unspecified atom stereocenters. The second kappa shape index (κ2) is 4.98. The lowest BCUT2D eigenvalue weighted by Crippen LogP contribution is -2.30. The van der Waals surface area contributed by atoms with Crippen LogP contribution in [0.15, 0.2) is 0 Å². The van der Waals surface area contributed by atoms with E-state index in [0.29, 0.717) is 12.8 Å². The molecule has 0 aliphatic heterocycles. The van der Waals surface area contributed by atoms with E-state index in [1.807, 2.05) is 0 Å². The first kappa shape index (κ1) is 11.0. The first-order chi connectivity index (χ1) is 6.63. The van der Waals surface area contributed by atoms with Crippen molar-refractivity contribution < 1.29 is 19.8 Å². The van der Waals surface area contributed by atoms with E-state index < -0.39 is 23.8 Å². The third-order valence-corrected chi connectivity index (χ3v) is 2.90. The highest BCUT2D eigenvalue weighted by Crippen LogP contribution is 2.28. The molecular weight excluding hydrogens is 184 g/mol. The Kier molecular flexibility index (Phi) is 3.92. The van der Waals surface area contributed by atoms with E-state index in [9.17, 15) is 9.59 Å². The molecule has 1 aliphatic rings. The van der Waals surface area contributed by atoms with Crippen molar-refractivity contribution in [2.75, 3.05) is 0 Å². The highest BCUT2D eigenvalue weighted by molar-refractivity contribution is 5.79. The largest absolute Gasteiger partial charge is 0.481 e. The number of hydrogen-bond donors (Lipinski definition) is 2. The fourth-order valence-corrected chi connectivity index (χ4v) is 2.08. The van der Waals surface area contributed by atoms with Gasteiger partial charge in [0.25, 0.3) is 0 Å². The average Bonchev–Trinajstić information content (AvgIpc) is 2.01. The van der Waals surface area contributed by atoms with Crippen LogP contribution in [0.4, 0.5) is 0 Å². The number of aliphatic carboxylic acids is 2. The summed E-state index contributed by atoms with van der Waals surface area (Å²) in [6.45, 7) is 0. The smallest absolute Gasteiger partial charge is 0.307 e. The molecule has 0 aromatic carbocycles. The maximum Gasteiger partial charge on any atom is 0.307 e. The van der Waals surface area contributed by atoms with Crippen LogP contribution in [0.2, 0.25) is 0 Å². The average molecular weight is 200 g/mol. The van der Waals surface area contributed by atoms with Gasteiger partial charge < -0.3 is 10.2 Å². The van der Waals surface area contributed by atoms with Crippen molar-refractivity contribution in [1.82, 2.24) is 0 Å². The molecule has 80 valence electrons. The molecule has 0 spiro atoms. The molecule has 1 rings (SSSR count). The zero-order valence-corrected chi connectivity index (χ0v) is 8.11. The highest BCUT2D eigenvalue weighted by atomic mass is 16.4.